The molecule has 304 valence electrons. The van der Waals surface area contributed by atoms with Crippen LogP contribution in [0, 0.1) is 0 Å². The number of fused-ring (bicyclic) bond motifs is 2. The van der Waals surface area contributed by atoms with Crippen LogP contribution in [0.3, 0.4) is 0 Å². The molecule has 6 rings (SSSR count). The van der Waals surface area contributed by atoms with Crippen LogP contribution >= 0.6 is 23.5 Å². The Morgan fingerprint density at radius 1 is 0.685 bits per heavy atom. The number of quaternary nitrogens is 3. The van der Waals surface area contributed by atoms with Crippen LogP contribution in [0.2, 0.25) is 0 Å². The van der Waals surface area contributed by atoms with Crippen LogP contribution in [0.25, 0.3) is 22.3 Å². The number of nitrogens with two attached hydrogens (primary N) is 2. The van der Waals surface area contributed by atoms with E-state index >= 15 is 0 Å². The second kappa shape index (κ2) is 16.2. The summed E-state index contributed by atoms with van der Waals surface area (Å²) < 4.78 is 65.8. The van der Waals surface area contributed by atoms with Gasteiger partial charge in [-0.3, -0.25) is 42.4 Å². The van der Waals surface area contributed by atoms with Gasteiger partial charge in [-0.25, -0.2) is 18.6 Å². The van der Waals surface area contributed by atoms with Crippen molar-refractivity contribution < 1.29 is 75.9 Å². The molecule has 2 aliphatic rings. The number of aromatic nitrogens is 8. The van der Waals surface area contributed by atoms with Crippen LogP contribution < -0.4 is 55.7 Å². The lowest BCUT2D eigenvalue weighted by atomic mass is 10.1. The summed E-state index contributed by atoms with van der Waals surface area (Å²) in [7, 11) is -18.4. The number of ether oxygens (including phenoxy) is 2. The molecule has 0 aliphatic carbocycles. The van der Waals surface area contributed by atoms with Gasteiger partial charge in [0.1, 0.15) is 36.6 Å². The monoisotopic (exact) mass is 839 g/mol. The predicted octanol–water partition coefficient (Wildman–Crippen LogP) is -4.74. The number of H-pyrrole nitrogens is 2. The van der Waals surface area contributed by atoms with Crippen LogP contribution in [-0.4, -0.2) is 109 Å². The molecule has 2 aliphatic heterocycles. The van der Waals surface area contributed by atoms with Gasteiger partial charge in [-0.15, -0.1) is 0 Å². The predicted molar refractivity (Wildman–Crippen MR) is 172 cm³/mol. The lowest BCUT2D eigenvalue weighted by Gasteiger charge is -2.34. The zero-order valence-corrected chi connectivity index (χ0v) is 30.6. The van der Waals surface area contributed by atoms with Gasteiger partial charge in [0.2, 0.25) is 11.9 Å². The van der Waals surface area contributed by atoms with Crippen molar-refractivity contribution in [2.45, 2.75) is 49.1 Å². The average Bonchev–Trinajstić information content (AvgIpc) is 3.76. The van der Waals surface area contributed by atoms with E-state index in [-0.39, 0.29) is 52.7 Å². The molecule has 10 atom stereocenters. The second-order valence-electron chi connectivity index (χ2n) is 10.7. The largest absolute Gasteiger partial charge is 0.756 e. The highest BCUT2D eigenvalue weighted by atomic mass is 31.3. The number of aliphatic hydroxyl groups excluding tert-OH is 4. The molecular formula is C20H36N13O18P3. The first kappa shape index (κ1) is 44.7. The van der Waals surface area contributed by atoms with E-state index in [9.17, 15) is 58.4 Å². The molecule has 6 heterocycles. The molecule has 34 heteroatoms. The van der Waals surface area contributed by atoms with Crippen molar-refractivity contribution >= 4 is 57.7 Å². The zero-order chi connectivity index (χ0) is 37.2. The summed E-state index contributed by atoms with van der Waals surface area (Å²) in [4.78, 5) is 80.5. The number of nitrogens with zero attached hydrogens (tertiary/aromatic N) is 6. The van der Waals surface area contributed by atoms with Gasteiger partial charge in [0, 0.05) is 0 Å². The molecule has 0 radical (unpaired) electrons. The smallest absolute Gasteiger partial charge is 0.280 e. The van der Waals surface area contributed by atoms with Gasteiger partial charge in [0.15, 0.2) is 34.8 Å². The van der Waals surface area contributed by atoms with E-state index in [2.05, 4.69) is 47.6 Å². The topological polar surface area (TPSA) is 545 Å². The fourth-order valence-electron chi connectivity index (χ4n) is 5.09. The Labute approximate surface area is 298 Å². The summed E-state index contributed by atoms with van der Waals surface area (Å²) in [6, 6.07) is 0. The molecular weight excluding hydrogens is 803 g/mol. The Kier molecular flexibility index (Phi) is 13.4. The van der Waals surface area contributed by atoms with E-state index < -0.39 is 96.9 Å². The summed E-state index contributed by atoms with van der Waals surface area (Å²) in [5.74, 6) is -0.659. The summed E-state index contributed by atoms with van der Waals surface area (Å²) in [5.41, 5.74) is 8.74. The van der Waals surface area contributed by atoms with Crippen molar-refractivity contribution in [3.8, 4) is 0 Å². The van der Waals surface area contributed by atoms with Crippen LogP contribution in [0.5, 0.6) is 0 Å². The number of nitrogen functional groups attached to an aromatic ring is 2. The highest BCUT2D eigenvalue weighted by molar-refractivity contribution is 7.65. The average molecular weight is 840 g/mol. The maximum absolute atomic E-state index is 12.3. The second-order valence-corrected chi connectivity index (χ2v) is 15.2. The summed E-state index contributed by atoms with van der Waals surface area (Å²) in [6.45, 7) is -2.40. The number of phosphoric ester groups is 2. The molecule has 0 saturated carbocycles. The van der Waals surface area contributed by atoms with Gasteiger partial charge >= 0.3 is 0 Å². The number of anilines is 2. The van der Waals surface area contributed by atoms with Gasteiger partial charge in [-0.1, -0.05) is 0 Å². The van der Waals surface area contributed by atoms with Gasteiger partial charge in [0.25, 0.3) is 34.6 Å². The summed E-state index contributed by atoms with van der Waals surface area (Å²) in [5, 5.41) is 41.7. The number of phosphoric acid groups is 3. The molecule has 2 saturated heterocycles. The van der Waals surface area contributed by atoms with Crippen molar-refractivity contribution in [3.05, 3.63) is 33.4 Å². The molecule has 2 unspecified atom stereocenters. The number of hydrogen-bond donors (Lipinski definition) is 11. The third-order valence-electron chi connectivity index (χ3n) is 7.32. The first-order chi connectivity index (χ1) is 23.8. The molecule has 0 amide bonds. The Morgan fingerprint density at radius 3 is 1.39 bits per heavy atom. The minimum Gasteiger partial charge on any atom is -0.756 e. The summed E-state index contributed by atoms with van der Waals surface area (Å²) in [6.07, 6.45) is -11.8. The molecule has 4 aromatic heterocycles. The fourth-order valence-corrected chi connectivity index (χ4v) is 8.47. The van der Waals surface area contributed by atoms with E-state index in [0.717, 1.165) is 21.8 Å². The third-order valence-corrected chi connectivity index (χ3v) is 11.4. The number of aliphatic hydroxyl groups is 4. The molecule has 4 aromatic rings. The van der Waals surface area contributed by atoms with Gasteiger partial charge in [0.05, 0.1) is 25.9 Å². The highest BCUT2D eigenvalue weighted by Gasteiger charge is 2.46. The standard InChI is InChI=1S/C20H27N10O18P3.3H3N/c21-19-25-13-7(15(35)27-19)23-3-29(13)17-11(33)9(31)5(45-17)1-43-49(37,38)47-51(41,42)48-50(39,40)44-2-6-10(32)12(34)18(46-6)30-4-24-8-14(30)26-20(22)28-16(8)36;;;/h3-6,9-12,17-18,31-34H,1-2H2,(H,37,38)(H,39,40)(H,41,42)(H3,21,25,27,35)(H3,22,26,28,36);3*1H3/t5-,6-,9-,10-,11-,12-,17-,18-;;;/m1.../s1. The first-order valence-corrected chi connectivity index (χ1v) is 18.3. The fraction of sp³-hybridized carbons (Fsp3) is 0.500. The molecule has 0 spiro atoms. The molecule has 54 heavy (non-hydrogen) atoms. The van der Waals surface area contributed by atoms with Crippen molar-refractivity contribution in [2.24, 2.45) is 0 Å². The van der Waals surface area contributed by atoms with Gasteiger partial charge < -0.3 is 83.5 Å². The minimum absolute atomic E-state index is 0. The lowest BCUT2D eigenvalue weighted by molar-refractivity contribution is -0.252. The van der Waals surface area contributed by atoms with Crippen LogP contribution in [-0.2, 0) is 40.8 Å². The van der Waals surface area contributed by atoms with E-state index in [4.69, 9.17) is 20.9 Å². The van der Waals surface area contributed by atoms with Crippen LogP contribution in [0.15, 0.2) is 22.2 Å². The van der Waals surface area contributed by atoms with E-state index in [0.29, 0.717) is 0 Å². The molecule has 2 fully saturated rings. The van der Waals surface area contributed by atoms with Gasteiger partial charge in [-0.2, -0.15) is 9.97 Å². The first-order valence-electron chi connectivity index (χ1n) is 13.9. The SMILES string of the molecule is Nc1nc2c(ncn2[C@@H]2O[C@H](COP(=O)([O-])OP(=O)([O-])OP(=O)([O-])OC[C@H]3O[C@@H](n4cnc5c(=O)[nH]c(N)nc54)[C@H](O)[C@@H]3O)[C@@H](O)[C@H]2O)c(=O)[nH]1.[NH4+].[NH4+].[NH4+]. The van der Waals surface area contributed by atoms with E-state index in [1.165, 1.54) is 0 Å². The maximum atomic E-state index is 12.3. The quantitative estimate of drug-likeness (QED) is 0.0597. The van der Waals surface area contributed by atoms with Crippen molar-refractivity contribution in [1.29, 1.82) is 0 Å². The van der Waals surface area contributed by atoms with Crippen LogP contribution in [0.1, 0.15) is 12.5 Å². The number of hydrogen-bond acceptors (Lipinski definition) is 24. The highest BCUT2D eigenvalue weighted by Crippen LogP contribution is 2.63. The van der Waals surface area contributed by atoms with Crippen LogP contribution in [0.4, 0.5) is 11.9 Å². The zero-order valence-electron chi connectivity index (χ0n) is 27.9. The summed E-state index contributed by atoms with van der Waals surface area (Å²) >= 11 is 0. The van der Waals surface area contributed by atoms with E-state index in [1.807, 2.05) is 0 Å². The maximum Gasteiger partial charge on any atom is 0.280 e. The molecule has 0 aromatic carbocycles. The van der Waals surface area contributed by atoms with Crippen molar-refractivity contribution in [2.75, 3.05) is 24.7 Å². The van der Waals surface area contributed by atoms with Crippen molar-refractivity contribution in [1.82, 2.24) is 57.5 Å². The number of imidazole rings is 2. The molecule has 22 N–H and O–H groups in total. The Balaban J connectivity index is 0.00000261. The Bertz CT molecular complexity index is 2080. The Morgan fingerprint density at radius 2 is 1.04 bits per heavy atom. The Hall–Kier alpha value is -3.65. The number of aromatic amines is 2. The number of nitrogens with one attached hydrogen (secondary N) is 2. The normalized spacial score (nSPS) is 28.7. The molecule has 31 nitrogen and oxygen atoms in total. The molecule has 0 bridgehead atoms. The van der Waals surface area contributed by atoms with Gasteiger partial charge in [-0.05, 0) is 0 Å². The van der Waals surface area contributed by atoms with Crippen molar-refractivity contribution in [3.63, 3.8) is 0 Å². The number of rotatable bonds is 12. The lowest BCUT2D eigenvalue weighted by Crippen LogP contribution is -2.34. The van der Waals surface area contributed by atoms with E-state index in [1.54, 1.807) is 0 Å². The minimum atomic E-state index is -6.38. The third kappa shape index (κ3) is 8.90.